The Kier molecular flexibility index (Phi) is 46.2. The molecule has 0 unspecified atom stereocenters. The standard InChI is InChI=1S/C53H102O6/c1-5-7-9-11-13-15-16-17-18-22-25-29-33-37-41-45-52(55)58-48-50(47-57-51(54)44-40-36-32-27-14-12-10-8-6-2)59-53(56)46-42-38-34-30-26-23-20-19-21-24-28-31-35-39-43-49(3)4/h49-50H,5-48H2,1-4H3/t50-/m0/s1. The molecule has 0 heterocycles. The number of unbranched alkanes of at least 4 members (excludes halogenated alkanes) is 35. The molecule has 0 aromatic carbocycles. The SMILES string of the molecule is CCCCCCCCCCCCCCCCCC(=O)OC[C@H](COC(=O)CCCCCCCCCCC)OC(=O)CCCCCCCCCCCCCCCCC(C)C. The van der Waals surface area contributed by atoms with Gasteiger partial charge in [0, 0.05) is 19.3 Å². The summed E-state index contributed by atoms with van der Waals surface area (Å²) in [4.78, 5) is 37.9. The first-order valence-corrected chi connectivity index (χ1v) is 26.4. The van der Waals surface area contributed by atoms with Gasteiger partial charge in [-0.25, -0.2) is 0 Å². The van der Waals surface area contributed by atoms with Gasteiger partial charge in [-0.15, -0.1) is 0 Å². The second-order valence-electron chi connectivity index (χ2n) is 18.6. The molecule has 0 aliphatic heterocycles. The summed E-state index contributed by atoms with van der Waals surface area (Å²) >= 11 is 0. The van der Waals surface area contributed by atoms with Crippen molar-refractivity contribution in [2.75, 3.05) is 13.2 Å². The maximum atomic E-state index is 12.8. The number of rotatable bonds is 48. The van der Waals surface area contributed by atoms with Gasteiger partial charge in [0.25, 0.3) is 0 Å². The molecule has 0 aromatic heterocycles. The van der Waals surface area contributed by atoms with Gasteiger partial charge < -0.3 is 14.2 Å². The topological polar surface area (TPSA) is 78.9 Å². The Labute approximate surface area is 368 Å². The summed E-state index contributed by atoms with van der Waals surface area (Å²) in [6.45, 7) is 9.03. The molecule has 0 rings (SSSR count). The summed E-state index contributed by atoms with van der Waals surface area (Å²) < 4.78 is 16.8. The van der Waals surface area contributed by atoms with E-state index in [2.05, 4.69) is 27.7 Å². The van der Waals surface area contributed by atoms with Crippen molar-refractivity contribution in [1.82, 2.24) is 0 Å². The van der Waals surface area contributed by atoms with Gasteiger partial charge in [-0.2, -0.15) is 0 Å². The molecule has 0 aliphatic rings. The van der Waals surface area contributed by atoms with E-state index in [1.807, 2.05) is 0 Å². The van der Waals surface area contributed by atoms with Crippen LogP contribution in [-0.2, 0) is 28.6 Å². The minimum Gasteiger partial charge on any atom is -0.462 e. The maximum absolute atomic E-state index is 12.8. The molecule has 0 bridgehead atoms. The van der Waals surface area contributed by atoms with E-state index in [1.54, 1.807) is 0 Å². The van der Waals surface area contributed by atoms with Crippen molar-refractivity contribution in [3.8, 4) is 0 Å². The Morgan fingerprint density at radius 3 is 0.831 bits per heavy atom. The number of carbonyl (C=O) groups excluding carboxylic acids is 3. The highest BCUT2D eigenvalue weighted by Gasteiger charge is 2.19. The van der Waals surface area contributed by atoms with Gasteiger partial charge in [0.2, 0.25) is 0 Å². The molecule has 6 heteroatoms. The second kappa shape index (κ2) is 47.5. The first-order chi connectivity index (χ1) is 28.9. The molecular weight excluding hydrogens is 733 g/mol. The van der Waals surface area contributed by atoms with Crippen LogP contribution in [0.4, 0.5) is 0 Å². The molecule has 0 fully saturated rings. The smallest absolute Gasteiger partial charge is 0.306 e. The molecule has 0 saturated heterocycles. The lowest BCUT2D eigenvalue weighted by atomic mass is 10.0. The molecule has 1 atom stereocenters. The maximum Gasteiger partial charge on any atom is 0.306 e. The third-order valence-electron chi connectivity index (χ3n) is 12.0. The predicted molar refractivity (Wildman–Crippen MR) is 252 cm³/mol. The van der Waals surface area contributed by atoms with Crippen molar-refractivity contribution in [3.63, 3.8) is 0 Å². The Hall–Kier alpha value is -1.59. The summed E-state index contributed by atoms with van der Waals surface area (Å²) in [5.74, 6) is -0.00149. The average Bonchev–Trinajstić information content (AvgIpc) is 3.22. The zero-order valence-corrected chi connectivity index (χ0v) is 40.2. The molecule has 6 nitrogen and oxygen atoms in total. The van der Waals surface area contributed by atoms with E-state index >= 15 is 0 Å². The van der Waals surface area contributed by atoms with Crippen LogP contribution >= 0.6 is 0 Å². The zero-order valence-electron chi connectivity index (χ0n) is 40.2. The monoisotopic (exact) mass is 835 g/mol. The largest absolute Gasteiger partial charge is 0.462 e. The van der Waals surface area contributed by atoms with E-state index < -0.39 is 6.10 Å². The molecule has 0 radical (unpaired) electrons. The highest BCUT2D eigenvalue weighted by atomic mass is 16.6. The third-order valence-corrected chi connectivity index (χ3v) is 12.0. The minimum absolute atomic E-state index is 0.0626. The number of hydrogen-bond acceptors (Lipinski definition) is 6. The lowest BCUT2D eigenvalue weighted by molar-refractivity contribution is -0.167. The molecular formula is C53H102O6. The van der Waals surface area contributed by atoms with Gasteiger partial charge in [0.1, 0.15) is 13.2 Å². The molecule has 59 heavy (non-hydrogen) atoms. The van der Waals surface area contributed by atoms with Crippen LogP contribution in [0.2, 0.25) is 0 Å². The summed E-state index contributed by atoms with van der Waals surface area (Å²) in [5.41, 5.74) is 0. The van der Waals surface area contributed by atoms with Gasteiger partial charge in [-0.3, -0.25) is 14.4 Å². The number of ether oxygens (including phenoxy) is 3. The first-order valence-electron chi connectivity index (χ1n) is 26.4. The van der Waals surface area contributed by atoms with Crippen molar-refractivity contribution >= 4 is 17.9 Å². The van der Waals surface area contributed by atoms with Gasteiger partial charge in [-0.05, 0) is 25.2 Å². The molecule has 0 aliphatic carbocycles. The van der Waals surface area contributed by atoms with Gasteiger partial charge in [0.15, 0.2) is 6.10 Å². The predicted octanol–water partition coefficient (Wildman–Crippen LogP) is 17.1. The van der Waals surface area contributed by atoms with Crippen molar-refractivity contribution in [1.29, 1.82) is 0 Å². The highest BCUT2D eigenvalue weighted by molar-refractivity contribution is 5.71. The van der Waals surface area contributed by atoms with Crippen LogP contribution in [0.3, 0.4) is 0 Å². The fourth-order valence-corrected chi connectivity index (χ4v) is 8.04. The van der Waals surface area contributed by atoms with E-state index in [1.165, 1.54) is 193 Å². The molecule has 0 N–H and O–H groups in total. The molecule has 0 aromatic rings. The van der Waals surface area contributed by atoms with Crippen LogP contribution in [0, 0.1) is 5.92 Å². The van der Waals surface area contributed by atoms with E-state index in [9.17, 15) is 14.4 Å². The normalized spacial score (nSPS) is 11.9. The number of esters is 3. The molecule has 0 spiro atoms. The minimum atomic E-state index is -0.760. The van der Waals surface area contributed by atoms with E-state index in [0.29, 0.717) is 19.3 Å². The van der Waals surface area contributed by atoms with Crippen LogP contribution in [0.15, 0.2) is 0 Å². The average molecular weight is 835 g/mol. The Balaban J connectivity index is 4.25. The lowest BCUT2D eigenvalue weighted by Gasteiger charge is -2.18. The van der Waals surface area contributed by atoms with E-state index in [4.69, 9.17) is 14.2 Å². The summed E-state index contributed by atoms with van der Waals surface area (Å²) in [6, 6.07) is 0. The second-order valence-corrected chi connectivity index (χ2v) is 18.6. The summed E-state index contributed by atoms with van der Waals surface area (Å²) in [6.07, 6.45) is 49.5. The summed E-state index contributed by atoms with van der Waals surface area (Å²) in [7, 11) is 0. The number of hydrogen-bond donors (Lipinski definition) is 0. The third kappa shape index (κ3) is 47.3. The molecule has 350 valence electrons. The Morgan fingerprint density at radius 2 is 0.559 bits per heavy atom. The Bertz CT molecular complexity index is 887. The van der Waals surface area contributed by atoms with Gasteiger partial charge in [-0.1, -0.05) is 259 Å². The lowest BCUT2D eigenvalue weighted by Crippen LogP contribution is -2.30. The van der Waals surface area contributed by atoms with Crippen LogP contribution in [0.5, 0.6) is 0 Å². The number of carbonyl (C=O) groups is 3. The quantitative estimate of drug-likeness (QED) is 0.0345. The van der Waals surface area contributed by atoms with E-state index in [-0.39, 0.29) is 31.1 Å². The van der Waals surface area contributed by atoms with E-state index in [0.717, 1.165) is 63.7 Å². The highest BCUT2D eigenvalue weighted by Crippen LogP contribution is 2.17. The van der Waals surface area contributed by atoms with Crippen molar-refractivity contribution in [3.05, 3.63) is 0 Å². The van der Waals surface area contributed by atoms with Crippen LogP contribution in [-0.4, -0.2) is 37.2 Å². The van der Waals surface area contributed by atoms with Crippen molar-refractivity contribution in [2.24, 2.45) is 5.92 Å². The Morgan fingerprint density at radius 1 is 0.322 bits per heavy atom. The van der Waals surface area contributed by atoms with Crippen molar-refractivity contribution < 1.29 is 28.6 Å². The molecule has 0 amide bonds. The first kappa shape index (κ1) is 57.4. The van der Waals surface area contributed by atoms with Gasteiger partial charge >= 0.3 is 17.9 Å². The summed E-state index contributed by atoms with van der Waals surface area (Å²) in [5, 5.41) is 0. The van der Waals surface area contributed by atoms with Crippen LogP contribution in [0.1, 0.15) is 297 Å². The van der Waals surface area contributed by atoms with Crippen LogP contribution < -0.4 is 0 Å². The van der Waals surface area contributed by atoms with Gasteiger partial charge in [0.05, 0.1) is 0 Å². The zero-order chi connectivity index (χ0) is 43.1. The fraction of sp³-hybridized carbons (Fsp3) is 0.943. The van der Waals surface area contributed by atoms with Crippen molar-refractivity contribution in [2.45, 2.75) is 303 Å². The molecule has 0 saturated carbocycles. The van der Waals surface area contributed by atoms with Crippen LogP contribution in [0.25, 0.3) is 0 Å². The fourth-order valence-electron chi connectivity index (χ4n) is 8.04.